The third-order valence-electron chi connectivity index (χ3n) is 6.00. The first-order chi connectivity index (χ1) is 13.9. The minimum atomic E-state index is 0.933. The number of fused-ring (bicyclic) bond motifs is 12. The predicted octanol–water partition coefficient (Wildman–Crippen LogP) is 5.16. The Kier molecular flexibility index (Phi) is 2.51. The highest BCUT2D eigenvalue weighted by Gasteiger charge is 2.23. The number of rotatable bonds is 0. The molecule has 0 fully saturated rings. The number of aromatic nitrogens is 4. The summed E-state index contributed by atoms with van der Waals surface area (Å²) < 4.78 is 2.26. The molecular formula is C24H14N4. The van der Waals surface area contributed by atoms with Gasteiger partial charge < -0.3 is 0 Å². The molecule has 1 aliphatic carbocycles. The highest BCUT2D eigenvalue weighted by molar-refractivity contribution is 6.13. The minimum absolute atomic E-state index is 0.933. The van der Waals surface area contributed by atoms with Crippen molar-refractivity contribution in [1.82, 2.24) is 19.4 Å². The van der Waals surface area contributed by atoms with Gasteiger partial charge in [0.2, 0.25) is 0 Å². The summed E-state index contributed by atoms with van der Waals surface area (Å²) in [6.45, 7) is 0. The van der Waals surface area contributed by atoms with Gasteiger partial charge in [-0.25, -0.2) is 4.98 Å². The molecule has 0 radical (unpaired) electrons. The third kappa shape index (κ3) is 1.63. The standard InChI is InChI=1S/C24H14N4/c1-2-4-15-14(3-1)11-18-16(15)5-6-22-23(18)27-24-20-13-25-9-7-17(20)19-12-26-10-8-21(19)28(22)24/h1-10,12-13H,11H2. The van der Waals surface area contributed by atoms with E-state index in [4.69, 9.17) is 4.98 Å². The van der Waals surface area contributed by atoms with Gasteiger partial charge in [0, 0.05) is 42.0 Å². The lowest BCUT2D eigenvalue weighted by Gasteiger charge is -2.08. The molecule has 0 aliphatic heterocycles. The van der Waals surface area contributed by atoms with E-state index < -0.39 is 0 Å². The first-order valence-corrected chi connectivity index (χ1v) is 9.42. The maximum absolute atomic E-state index is 5.15. The predicted molar refractivity (Wildman–Crippen MR) is 112 cm³/mol. The van der Waals surface area contributed by atoms with E-state index in [0.29, 0.717) is 0 Å². The molecule has 6 aromatic rings. The van der Waals surface area contributed by atoms with Crippen LogP contribution in [0.4, 0.5) is 0 Å². The highest BCUT2D eigenvalue weighted by Crippen LogP contribution is 2.41. The van der Waals surface area contributed by atoms with Gasteiger partial charge in [0.1, 0.15) is 5.65 Å². The summed E-state index contributed by atoms with van der Waals surface area (Å²) in [5, 5.41) is 3.32. The van der Waals surface area contributed by atoms with Crippen molar-refractivity contribution in [3.8, 4) is 11.1 Å². The Morgan fingerprint density at radius 3 is 2.54 bits per heavy atom. The molecule has 7 rings (SSSR count). The van der Waals surface area contributed by atoms with Gasteiger partial charge in [-0.3, -0.25) is 14.4 Å². The number of pyridine rings is 3. The van der Waals surface area contributed by atoms with Crippen LogP contribution in [0.2, 0.25) is 0 Å². The first-order valence-electron chi connectivity index (χ1n) is 9.42. The zero-order chi connectivity index (χ0) is 18.2. The van der Waals surface area contributed by atoms with E-state index in [1.54, 1.807) is 0 Å². The third-order valence-corrected chi connectivity index (χ3v) is 6.00. The van der Waals surface area contributed by atoms with Gasteiger partial charge in [-0.05, 0) is 45.8 Å². The fourth-order valence-corrected chi connectivity index (χ4v) is 4.78. The van der Waals surface area contributed by atoms with Gasteiger partial charge in [0.15, 0.2) is 0 Å². The second-order valence-electron chi connectivity index (χ2n) is 7.38. The Morgan fingerprint density at radius 2 is 1.57 bits per heavy atom. The van der Waals surface area contributed by atoms with E-state index in [2.05, 4.69) is 62.9 Å². The van der Waals surface area contributed by atoms with Crippen molar-refractivity contribution in [3.05, 3.63) is 84.4 Å². The molecule has 28 heavy (non-hydrogen) atoms. The summed E-state index contributed by atoms with van der Waals surface area (Å²) in [7, 11) is 0. The van der Waals surface area contributed by atoms with Crippen LogP contribution in [0.25, 0.3) is 49.5 Å². The second-order valence-corrected chi connectivity index (χ2v) is 7.38. The zero-order valence-electron chi connectivity index (χ0n) is 14.9. The summed E-state index contributed by atoms with van der Waals surface area (Å²) in [4.78, 5) is 13.9. The van der Waals surface area contributed by atoms with Gasteiger partial charge in [-0.2, -0.15) is 0 Å². The zero-order valence-corrected chi connectivity index (χ0v) is 14.9. The average Bonchev–Trinajstić information content (AvgIpc) is 3.33. The molecule has 4 nitrogen and oxygen atoms in total. The van der Waals surface area contributed by atoms with E-state index in [-0.39, 0.29) is 0 Å². The van der Waals surface area contributed by atoms with Crippen LogP contribution in [0, 0.1) is 0 Å². The van der Waals surface area contributed by atoms with Crippen LogP contribution >= 0.6 is 0 Å². The van der Waals surface area contributed by atoms with E-state index in [0.717, 1.165) is 44.8 Å². The Bertz CT molecular complexity index is 1590. The second kappa shape index (κ2) is 4.93. The highest BCUT2D eigenvalue weighted by atomic mass is 15.0. The van der Waals surface area contributed by atoms with Gasteiger partial charge in [-0.1, -0.05) is 30.3 Å². The fraction of sp³-hybridized carbons (Fsp3) is 0.0417. The van der Waals surface area contributed by atoms with Gasteiger partial charge in [0.25, 0.3) is 0 Å². The quantitative estimate of drug-likeness (QED) is 0.352. The Labute approximate surface area is 160 Å². The van der Waals surface area contributed by atoms with Crippen molar-refractivity contribution < 1.29 is 0 Å². The summed E-state index contributed by atoms with van der Waals surface area (Å²) in [6.07, 6.45) is 8.47. The molecule has 0 spiro atoms. The number of benzene rings is 2. The van der Waals surface area contributed by atoms with E-state index >= 15 is 0 Å². The Hall–Kier alpha value is -3.79. The molecule has 0 unspecified atom stereocenters. The molecule has 4 aromatic heterocycles. The van der Waals surface area contributed by atoms with E-state index in [9.17, 15) is 0 Å². The molecule has 1 aliphatic rings. The van der Waals surface area contributed by atoms with E-state index in [1.165, 1.54) is 22.3 Å². The Morgan fingerprint density at radius 1 is 0.714 bits per heavy atom. The molecule has 0 saturated heterocycles. The first kappa shape index (κ1) is 14.3. The summed E-state index contributed by atoms with van der Waals surface area (Å²) in [5.41, 5.74) is 9.65. The van der Waals surface area contributed by atoms with Crippen LogP contribution in [0.5, 0.6) is 0 Å². The van der Waals surface area contributed by atoms with Crippen molar-refractivity contribution in [3.63, 3.8) is 0 Å². The van der Waals surface area contributed by atoms with Crippen LogP contribution < -0.4 is 0 Å². The maximum atomic E-state index is 5.15. The largest absolute Gasteiger partial charge is 0.292 e. The number of imidazole rings is 1. The molecule has 0 amide bonds. The molecule has 130 valence electrons. The van der Waals surface area contributed by atoms with Crippen molar-refractivity contribution >= 4 is 38.4 Å². The normalized spacial score (nSPS) is 12.9. The van der Waals surface area contributed by atoms with Crippen LogP contribution in [-0.2, 0) is 6.42 Å². The van der Waals surface area contributed by atoms with Gasteiger partial charge in [0.05, 0.1) is 16.6 Å². The summed E-state index contributed by atoms with van der Waals surface area (Å²) >= 11 is 0. The van der Waals surface area contributed by atoms with Crippen molar-refractivity contribution in [2.75, 3.05) is 0 Å². The summed E-state index contributed by atoms with van der Waals surface area (Å²) in [5.74, 6) is 0. The van der Waals surface area contributed by atoms with Gasteiger partial charge in [-0.15, -0.1) is 0 Å². The van der Waals surface area contributed by atoms with Crippen LogP contribution in [0.15, 0.2) is 73.3 Å². The van der Waals surface area contributed by atoms with Gasteiger partial charge >= 0.3 is 0 Å². The molecule has 0 N–H and O–H groups in total. The molecule has 0 bridgehead atoms. The lowest BCUT2D eigenvalue weighted by atomic mass is 10.1. The monoisotopic (exact) mass is 358 g/mol. The summed E-state index contributed by atoms with van der Waals surface area (Å²) in [6, 6.07) is 17.2. The SMILES string of the molecule is c1ccc2c(c1)Cc1c-2ccc2c1nc1c3cnccc3c3cnccc3n21. The molecule has 0 atom stereocenters. The minimum Gasteiger partial charge on any atom is -0.292 e. The number of hydrogen-bond donors (Lipinski definition) is 0. The van der Waals surface area contributed by atoms with E-state index in [1.807, 2.05) is 24.8 Å². The molecular weight excluding hydrogens is 344 g/mol. The Balaban J connectivity index is 1.72. The molecule has 2 aromatic carbocycles. The topological polar surface area (TPSA) is 43.1 Å². The smallest absolute Gasteiger partial charge is 0.147 e. The lowest BCUT2D eigenvalue weighted by Crippen LogP contribution is -1.92. The number of hydrogen-bond acceptors (Lipinski definition) is 3. The number of nitrogens with zero attached hydrogens (tertiary/aromatic N) is 4. The molecule has 4 heterocycles. The average molecular weight is 358 g/mol. The van der Waals surface area contributed by atoms with Crippen LogP contribution in [-0.4, -0.2) is 19.4 Å². The van der Waals surface area contributed by atoms with Crippen molar-refractivity contribution in [2.45, 2.75) is 6.42 Å². The molecule has 4 heteroatoms. The fourth-order valence-electron chi connectivity index (χ4n) is 4.78. The lowest BCUT2D eigenvalue weighted by molar-refractivity contribution is 1.27. The molecule has 0 saturated carbocycles. The van der Waals surface area contributed by atoms with Crippen molar-refractivity contribution in [1.29, 1.82) is 0 Å². The maximum Gasteiger partial charge on any atom is 0.147 e. The van der Waals surface area contributed by atoms with Crippen molar-refractivity contribution in [2.24, 2.45) is 0 Å². The van der Waals surface area contributed by atoms with Crippen LogP contribution in [0.3, 0.4) is 0 Å². The van der Waals surface area contributed by atoms with Crippen LogP contribution in [0.1, 0.15) is 11.1 Å².